The summed E-state index contributed by atoms with van der Waals surface area (Å²) >= 11 is 0. The smallest absolute Gasteiger partial charge is 0.262 e. The fourth-order valence-corrected chi connectivity index (χ4v) is 2.23. The van der Waals surface area contributed by atoms with Crippen LogP contribution in [0.15, 0.2) is 48.5 Å². The second kappa shape index (κ2) is 7.04. The Hall–Kier alpha value is -3.02. The van der Waals surface area contributed by atoms with Gasteiger partial charge >= 0.3 is 0 Å². The molecule has 0 aliphatic heterocycles. The first-order valence-electron chi connectivity index (χ1n) is 7.59. The van der Waals surface area contributed by atoms with Gasteiger partial charge in [0.2, 0.25) is 5.88 Å². The quantitative estimate of drug-likeness (QED) is 0.781. The van der Waals surface area contributed by atoms with Gasteiger partial charge in [-0.25, -0.2) is 9.37 Å². The number of carbonyl (C=O) groups excluding carboxylic acids is 1. The van der Waals surface area contributed by atoms with Gasteiger partial charge in [-0.1, -0.05) is 19.1 Å². The summed E-state index contributed by atoms with van der Waals surface area (Å²) in [7, 11) is 0. The van der Waals surface area contributed by atoms with Gasteiger partial charge in [-0.2, -0.15) is 4.98 Å². The SMILES string of the molecule is CCc1nc(OCC(=O)Nc2ccc(F)cc2)c2ccccc2n1. The summed E-state index contributed by atoms with van der Waals surface area (Å²) in [6.45, 7) is 1.76. The molecular weight excluding hydrogens is 309 g/mol. The average molecular weight is 325 g/mol. The van der Waals surface area contributed by atoms with Gasteiger partial charge in [-0.15, -0.1) is 0 Å². The lowest BCUT2D eigenvalue weighted by molar-refractivity contribution is -0.118. The van der Waals surface area contributed by atoms with Crippen molar-refractivity contribution in [3.8, 4) is 5.88 Å². The Bertz CT molecular complexity index is 866. The summed E-state index contributed by atoms with van der Waals surface area (Å²) in [6, 6.07) is 13.0. The van der Waals surface area contributed by atoms with Gasteiger partial charge in [-0.05, 0) is 36.4 Å². The average Bonchev–Trinajstić information content (AvgIpc) is 2.61. The summed E-state index contributed by atoms with van der Waals surface area (Å²) < 4.78 is 18.4. The van der Waals surface area contributed by atoms with Crippen LogP contribution in [0, 0.1) is 5.82 Å². The van der Waals surface area contributed by atoms with E-state index in [4.69, 9.17) is 4.74 Å². The zero-order valence-electron chi connectivity index (χ0n) is 13.1. The van der Waals surface area contributed by atoms with Crippen molar-refractivity contribution in [2.45, 2.75) is 13.3 Å². The molecule has 1 heterocycles. The van der Waals surface area contributed by atoms with Gasteiger partial charge < -0.3 is 10.1 Å². The number of hydrogen-bond donors (Lipinski definition) is 1. The highest BCUT2D eigenvalue weighted by molar-refractivity contribution is 5.92. The molecule has 0 unspecified atom stereocenters. The van der Waals surface area contributed by atoms with Crippen LogP contribution in [0.5, 0.6) is 5.88 Å². The van der Waals surface area contributed by atoms with Crippen LogP contribution < -0.4 is 10.1 Å². The lowest BCUT2D eigenvalue weighted by Crippen LogP contribution is -2.20. The minimum absolute atomic E-state index is 0.193. The summed E-state index contributed by atoms with van der Waals surface area (Å²) in [4.78, 5) is 20.8. The molecule has 0 aliphatic carbocycles. The van der Waals surface area contributed by atoms with Crippen LogP contribution in [-0.2, 0) is 11.2 Å². The van der Waals surface area contributed by atoms with Crippen LogP contribution in [0.1, 0.15) is 12.7 Å². The first kappa shape index (κ1) is 15.9. The lowest BCUT2D eigenvalue weighted by Gasteiger charge is -2.10. The lowest BCUT2D eigenvalue weighted by atomic mass is 10.2. The highest BCUT2D eigenvalue weighted by atomic mass is 19.1. The molecule has 0 saturated carbocycles. The van der Waals surface area contributed by atoms with Crippen molar-refractivity contribution < 1.29 is 13.9 Å². The van der Waals surface area contributed by atoms with Crippen molar-refractivity contribution in [1.29, 1.82) is 0 Å². The molecule has 3 aromatic rings. The van der Waals surface area contributed by atoms with E-state index in [-0.39, 0.29) is 18.3 Å². The van der Waals surface area contributed by atoms with Crippen molar-refractivity contribution in [2.24, 2.45) is 0 Å². The van der Waals surface area contributed by atoms with Crippen LogP contribution in [0.4, 0.5) is 10.1 Å². The monoisotopic (exact) mass is 325 g/mol. The van der Waals surface area contributed by atoms with Crippen molar-refractivity contribution in [2.75, 3.05) is 11.9 Å². The molecule has 3 rings (SSSR count). The molecule has 0 spiro atoms. The predicted molar refractivity (Wildman–Crippen MR) is 89.4 cm³/mol. The number of hydrogen-bond acceptors (Lipinski definition) is 4. The van der Waals surface area contributed by atoms with Crippen molar-refractivity contribution >= 4 is 22.5 Å². The molecule has 0 fully saturated rings. The fraction of sp³-hybridized carbons (Fsp3) is 0.167. The first-order valence-corrected chi connectivity index (χ1v) is 7.59. The number of amides is 1. The predicted octanol–water partition coefficient (Wildman–Crippen LogP) is 3.35. The van der Waals surface area contributed by atoms with Gasteiger partial charge in [0, 0.05) is 12.1 Å². The number of nitrogens with zero attached hydrogens (tertiary/aromatic N) is 2. The maximum atomic E-state index is 12.9. The second-order valence-corrected chi connectivity index (χ2v) is 5.16. The van der Waals surface area contributed by atoms with Crippen LogP contribution in [0.25, 0.3) is 10.9 Å². The van der Waals surface area contributed by atoms with Gasteiger partial charge in [0.05, 0.1) is 10.9 Å². The third-order valence-electron chi connectivity index (χ3n) is 3.40. The number of rotatable bonds is 5. The maximum Gasteiger partial charge on any atom is 0.262 e. The largest absolute Gasteiger partial charge is 0.467 e. The summed E-state index contributed by atoms with van der Waals surface area (Å²) in [5.41, 5.74) is 1.28. The van der Waals surface area contributed by atoms with Crippen molar-refractivity contribution in [3.05, 3.63) is 60.2 Å². The molecule has 6 heteroatoms. The molecule has 0 radical (unpaired) electrons. The minimum atomic E-state index is -0.358. The third-order valence-corrected chi connectivity index (χ3v) is 3.40. The Morgan fingerprint density at radius 2 is 1.88 bits per heavy atom. The number of aryl methyl sites for hydroxylation is 1. The maximum absolute atomic E-state index is 12.9. The number of nitrogens with one attached hydrogen (secondary N) is 1. The first-order chi connectivity index (χ1) is 11.7. The number of ether oxygens (including phenoxy) is 1. The molecule has 1 amide bonds. The van der Waals surface area contributed by atoms with E-state index < -0.39 is 0 Å². The van der Waals surface area contributed by atoms with E-state index in [2.05, 4.69) is 15.3 Å². The Labute approximate surface area is 138 Å². The number of aromatic nitrogens is 2. The Morgan fingerprint density at radius 1 is 1.12 bits per heavy atom. The number of halogens is 1. The Morgan fingerprint density at radius 3 is 2.62 bits per heavy atom. The molecule has 0 saturated heterocycles. The van der Waals surface area contributed by atoms with Gasteiger partial charge in [0.15, 0.2) is 6.61 Å². The molecule has 0 atom stereocenters. The molecule has 0 aliphatic rings. The topological polar surface area (TPSA) is 64.1 Å². The van der Waals surface area contributed by atoms with E-state index in [1.807, 2.05) is 31.2 Å². The molecule has 24 heavy (non-hydrogen) atoms. The highest BCUT2D eigenvalue weighted by Crippen LogP contribution is 2.22. The van der Waals surface area contributed by atoms with Gasteiger partial charge in [0.25, 0.3) is 5.91 Å². The zero-order chi connectivity index (χ0) is 16.9. The van der Waals surface area contributed by atoms with E-state index in [1.165, 1.54) is 24.3 Å². The van der Waals surface area contributed by atoms with Crippen LogP contribution >= 0.6 is 0 Å². The third kappa shape index (κ3) is 3.65. The van der Waals surface area contributed by atoms with Crippen molar-refractivity contribution in [1.82, 2.24) is 9.97 Å². The number of fused-ring (bicyclic) bond motifs is 1. The van der Waals surface area contributed by atoms with Crippen molar-refractivity contribution in [3.63, 3.8) is 0 Å². The van der Waals surface area contributed by atoms with Crippen LogP contribution in [0.3, 0.4) is 0 Å². The van der Waals surface area contributed by atoms with Crippen LogP contribution in [-0.4, -0.2) is 22.5 Å². The Kier molecular flexibility index (Phi) is 4.65. The van der Waals surface area contributed by atoms with Gasteiger partial charge in [0.1, 0.15) is 11.6 Å². The second-order valence-electron chi connectivity index (χ2n) is 5.16. The number of benzene rings is 2. The highest BCUT2D eigenvalue weighted by Gasteiger charge is 2.10. The normalized spacial score (nSPS) is 10.6. The molecule has 122 valence electrons. The van der Waals surface area contributed by atoms with E-state index in [9.17, 15) is 9.18 Å². The molecule has 5 nitrogen and oxygen atoms in total. The fourth-order valence-electron chi connectivity index (χ4n) is 2.23. The summed E-state index contributed by atoms with van der Waals surface area (Å²) in [5, 5.41) is 3.40. The molecular formula is C18H16FN3O2. The summed E-state index contributed by atoms with van der Waals surface area (Å²) in [5.74, 6) is 0.334. The number of para-hydroxylation sites is 1. The Balaban J connectivity index is 1.73. The van der Waals surface area contributed by atoms with Gasteiger partial charge in [-0.3, -0.25) is 4.79 Å². The summed E-state index contributed by atoms with van der Waals surface area (Å²) in [6.07, 6.45) is 0.670. The molecule has 0 bridgehead atoms. The molecule has 1 N–H and O–H groups in total. The van der Waals surface area contributed by atoms with Crippen LogP contribution in [0.2, 0.25) is 0 Å². The minimum Gasteiger partial charge on any atom is -0.467 e. The molecule has 2 aromatic carbocycles. The zero-order valence-corrected chi connectivity index (χ0v) is 13.1. The number of carbonyl (C=O) groups is 1. The van der Waals surface area contributed by atoms with E-state index in [1.54, 1.807) is 0 Å². The van der Waals surface area contributed by atoms with E-state index >= 15 is 0 Å². The standard InChI is InChI=1S/C18H16FN3O2/c1-2-16-21-15-6-4-3-5-14(15)18(22-16)24-11-17(23)20-13-9-7-12(19)8-10-13/h3-10H,2,11H2,1H3,(H,20,23). The van der Waals surface area contributed by atoms with E-state index in [0.29, 0.717) is 23.8 Å². The number of anilines is 1. The van der Waals surface area contributed by atoms with E-state index in [0.717, 1.165) is 10.9 Å². The molecule has 1 aromatic heterocycles.